The van der Waals surface area contributed by atoms with E-state index >= 15 is 0 Å². The lowest BCUT2D eigenvalue weighted by atomic mass is 9.95. The minimum Gasteiger partial charge on any atom is -0.477 e. The molecule has 0 saturated carbocycles. The van der Waals surface area contributed by atoms with Gasteiger partial charge in [-0.3, -0.25) is 9.59 Å². The second kappa shape index (κ2) is 5.94. The number of carbonyl (C=O) groups is 3. The molecule has 1 aliphatic rings. The Hall–Kier alpha value is -2.38. The number of aromatic carboxylic acids is 1. The molecule has 8 heteroatoms. The molecule has 2 rings (SSSR count). The first kappa shape index (κ1) is 15.0. The number of hydrogen-bond acceptors (Lipinski definition) is 4. The molecule has 0 aromatic carbocycles. The number of rotatable bonds is 3. The molecule has 1 aromatic rings. The summed E-state index contributed by atoms with van der Waals surface area (Å²) in [6.07, 6.45) is 2.35. The third-order valence-corrected chi connectivity index (χ3v) is 3.63. The highest BCUT2D eigenvalue weighted by atomic mass is 16.4. The van der Waals surface area contributed by atoms with Crippen LogP contribution in [-0.2, 0) is 4.79 Å². The number of carboxylic acid groups (broad SMARTS) is 1. The van der Waals surface area contributed by atoms with E-state index in [2.05, 4.69) is 9.97 Å². The van der Waals surface area contributed by atoms with Gasteiger partial charge < -0.3 is 19.9 Å². The second-order valence-electron chi connectivity index (χ2n) is 5.23. The van der Waals surface area contributed by atoms with E-state index in [0.29, 0.717) is 25.9 Å². The van der Waals surface area contributed by atoms with Crippen molar-refractivity contribution in [2.45, 2.75) is 12.8 Å². The first-order valence-electron chi connectivity index (χ1n) is 6.69. The van der Waals surface area contributed by atoms with Crippen LogP contribution in [0.2, 0.25) is 0 Å². The number of aromatic nitrogens is 2. The predicted octanol–water partition coefficient (Wildman–Crippen LogP) is 0.0483. The number of H-pyrrole nitrogens is 1. The van der Waals surface area contributed by atoms with Gasteiger partial charge in [0.25, 0.3) is 5.91 Å². The number of carbonyl (C=O) groups excluding carboxylic acids is 2. The Morgan fingerprint density at radius 1 is 1.33 bits per heavy atom. The number of hydrogen-bond donors (Lipinski definition) is 2. The van der Waals surface area contributed by atoms with Crippen molar-refractivity contribution >= 4 is 17.8 Å². The highest BCUT2D eigenvalue weighted by Gasteiger charge is 2.31. The largest absolute Gasteiger partial charge is 0.477 e. The summed E-state index contributed by atoms with van der Waals surface area (Å²) in [7, 11) is 3.42. The topological polar surface area (TPSA) is 107 Å². The number of nitrogens with one attached hydrogen (secondary N) is 1. The minimum absolute atomic E-state index is 0.0630. The maximum absolute atomic E-state index is 12.3. The molecule has 8 nitrogen and oxygen atoms in total. The first-order valence-corrected chi connectivity index (χ1v) is 6.69. The fourth-order valence-electron chi connectivity index (χ4n) is 2.46. The van der Waals surface area contributed by atoms with Crippen molar-refractivity contribution in [1.29, 1.82) is 0 Å². The van der Waals surface area contributed by atoms with Gasteiger partial charge in [-0.05, 0) is 12.8 Å². The van der Waals surface area contributed by atoms with Gasteiger partial charge in [0.05, 0.1) is 6.33 Å². The lowest BCUT2D eigenvalue weighted by Gasteiger charge is -2.32. The van der Waals surface area contributed by atoms with Crippen LogP contribution in [-0.4, -0.2) is 69.8 Å². The third-order valence-electron chi connectivity index (χ3n) is 3.63. The van der Waals surface area contributed by atoms with Crippen molar-refractivity contribution in [3.63, 3.8) is 0 Å². The van der Waals surface area contributed by atoms with Crippen molar-refractivity contribution in [3.8, 4) is 0 Å². The number of imidazole rings is 1. The van der Waals surface area contributed by atoms with E-state index < -0.39 is 11.9 Å². The fourth-order valence-corrected chi connectivity index (χ4v) is 2.46. The summed E-state index contributed by atoms with van der Waals surface area (Å²) in [5, 5.41) is 8.99. The van der Waals surface area contributed by atoms with E-state index in [1.807, 2.05) is 0 Å². The van der Waals surface area contributed by atoms with E-state index in [1.165, 1.54) is 6.33 Å². The van der Waals surface area contributed by atoms with Gasteiger partial charge in [0.1, 0.15) is 0 Å². The summed E-state index contributed by atoms with van der Waals surface area (Å²) < 4.78 is 0. The summed E-state index contributed by atoms with van der Waals surface area (Å²) in [4.78, 5) is 44.5. The van der Waals surface area contributed by atoms with Crippen LogP contribution >= 0.6 is 0 Å². The number of nitrogens with zero attached hydrogens (tertiary/aromatic N) is 3. The summed E-state index contributed by atoms with van der Waals surface area (Å²) in [5.41, 5.74) is -0.286. The van der Waals surface area contributed by atoms with Gasteiger partial charge in [0, 0.05) is 33.1 Å². The monoisotopic (exact) mass is 294 g/mol. The number of likely N-dealkylation sites (tertiary alicyclic amines) is 1. The van der Waals surface area contributed by atoms with Gasteiger partial charge >= 0.3 is 5.97 Å². The maximum Gasteiger partial charge on any atom is 0.354 e. The Morgan fingerprint density at radius 3 is 2.48 bits per heavy atom. The van der Waals surface area contributed by atoms with Crippen LogP contribution in [0.1, 0.15) is 33.8 Å². The Balaban J connectivity index is 2.02. The molecule has 0 bridgehead atoms. The number of aromatic amines is 1. The molecular formula is C13H18N4O4. The van der Waals surface area contributed by atoms with Gasteiger partial charge in [0.15, 0.2) is 11.4 Å². The molecule has 0 spiro atoms. The van der Waals surface area contributed by atoms with Crippen LogP contribution in [0, 0.1) is 5.92 Å². The summed E-state index contributed by atoms with van der Waals surface area (Å²) in [5.74, 6) is -1.65. The van der Waals surface area contributed by atoms with Crippen LogP contribution in [0.15, 0.2) is 6.33 Å². The molecule has 1 fully saturated rings. The first-order chi connectivity index (χ1) is 9.91. The molecule has 0 atom stereocenters. The summed E-state index contributed by atoms with van der Waals surface area (Å²) in [6, 6.07) is 0. The third kappa shape index (κ3) is 3.04. The molecule has 114 valence electrons. The molecule has 0 aliphatic carbocycles. The summed E-state index contributed by atoms with van der Waals surface area (Å²) >= 11 is 0. The highest BCUT2D eigenvalue weighted by Crippen LogP contribution is 2.20. The van der Waals surface area contributed by atoms with Crippen molar-refractivity contribution in [2.24, 2.45) is 5.92 Å². The smallest absolute Gasteiger partial charge is 0.354 e. The summed E-state index contributed by atoms with van der Waals surface area (Å²) in [6.45, 7) is 0.851. The van der Waals surface area contributed by atoms with E-state index in [0.717, 1.165) is 0 Å². The Kier molecular flexibility index (Phi) is 4.25. The zero-order valence-corrected chi connectivity index (χ0v) is 12.0. The zero-order valence-electron chi connectivity index (χ0n) is 12.0. The van der Waals surface area contributed by atoms with Gasteiger partial charge in [-0.2, -0.15) is 0 Å². The normalized spacial score (nSPS) is 15.8. The molecule has 2 heterocycles. The van der Waals surface area contributed by atoms with Crippen LogP contribution in [0.25, 0.3) is 0 Å². The van der Waals surface area contributed by atoms with E-state index in [1.54, 1.807) is 23.9 Å². The SMILES string of the molecule is CN(C)C(=O)C1CCN(C(=O)c2nc[nH]c2C(=O)O)CC1. The van der Waals surface area contributed by atoms with E-state index in [4.69, 9.17) is 5.11 Å². The van der Waals surface area contributed by atoms with Gasteiger partial charge in [0.2, 0.25) is 5.91 Å². The van der Waals surface area contributed by atoms with Crippen molar-refractivity contribution in [2.75, 3.05) is 27.2 Å². The Bertz CT molecular complexity index is 558. The number of carboxylic acids is 1. The van der Waals surface area contributed by atoms with Crippen molar-refractivity contribution < 1.29 is 19.5 Å². The van der Waals surface area contributed by atoms with Crippen LogP contribution < -0.4 is 0 Å². The molecule has 2 N–H and O–H groups in total. The molecule has 0 unspecified atom stereocenters. The van der Waals surface area contributed by atoms with Crippen molar-refractivity contribution in [1.82, 2.24) is 19.8 Å². The molecule has 1 aliphatic heterocycles. The molecule has 2 amide bonds. The number of piperidine rings is 1. The standard InChI is InChI=1S/C13H18N4O4/c1-16(2)11(18)8-3-5-17(6-4-8)12(19)9-10(13(20)21)15-7-14-9/h7-8H,3-6H2,1-2H3,(H,14,15)(H,20,21). The lowest BCUT2D eigenvalue weighted by molar-refractivity contribution is -0.134. The van der Waals surface area contributed by atoms with E-state index in [9.17, 15) is 14.4 Å². The van der Waals surface area contributed by atoms with Gasteiger partial charge in [-0.15, -0.1) is 0 Å². The Labute approximate surface area is 121 Å². The van der Waals surface area contributed by atoms with Crippen molar-refractivity contribution in [3.05, 3.63) is 17.7 Å². The second-order valence-corrected chi connectivity index (χ2v) is 5.23. The van der Waals surface area contributed by atoms with Gasteiger partial charge in [-0.25, -0.2) is 9.78 Å². The molecule has 0 radical (unpaired) electrons. The zero-order chi connectivity index (χ0) is 15.6. The highest BCUT2D eigenvalue weighted by molar-refractivity contribution is 6.02. The number of amides is 2. The van der Waals surface area contributed by atoms with Crippen LogP contribution in [0.3, 0.4) is 0 Å². The fraction of sp³-hybridized carbons (Fsp3) is 0.538. The average Bonchev–Trinajstić information content (AvgIpc) is 2.95. The van der Waals surface area contributed by atoms with Crippen LogP contribution in [0.5, 0.6) is 0 Å². The average molecular weight is 294 g/mol. The molecule has 21 heavy (non-hydrogen) atoms. The van der Waals surface area contributed by atoms with Gasteiger partial charge in [-0.1, -0.05) is 0 Å². The predicted molar refractivity (Wildman–Crippen MR) is 72.9 cm³/mol. The minimum atomic E-state index is -1.21. The molecule has 1 saturated heterocycles. The van der Waals surface area contributed by atoms with Crippen LogP contribution in [0.4, 0.5) is 0 Å². The maximum atomic E-state index is 12.3. The Morgan fingerprint density at radius 2 is 1.95 bits per heavy atom. The molecule has 1 aromatic heterocycles. The quantitative estimate of drug-likeness (QED) is 0.819. The lowest BCUT2D eigenvalue weighted by Crippen LogP contribution is -2.43. The van der Waals surface area contributed by atoms with E-state index in [-0.39, 0.29) is 23.2 Å². The molecular weight excluding hydrogens is 276 g/mol.